The van der Waals surface area contributed by atoms with E-state index in [0.29, 0.717) is 23.8 Å². The first-order valence-electron chi connectivity index (χ1n) is 5.07. The van der Waals surface area contributed by atoms with Crippen LogP contribution in [0.2, 0.25) is 5.02 Å². The molecule has 0 bridgehead atoms. The van der Waals surface area contributed by atoms with Gasteiger partial charge in [-0.2, -0.15) is 4.98 Å². The van der Waals surface area contributed by atoms with E-state index in [2.05, 4.69) is 29.1 Å². The molecule has 0 aliphatic rings. The van der Waals surface area contributed by atoms with Gasteiger partial charge in [-0.3, -0.25) is 0 Å². The molecule has 1 aromatic heterocycles. The van der Waals surface area contributed by atoms with Crippen LogP contribution in [0.15, 0.2) is 6.20 Å². The summed E-state index contributed by atoms with van der Waals surface area (Å²) < 4.78 is 0. The molecule has 90 valence electrons. The third-order valence-electron chi connectivity index (χ3n) is 2.29. The lowest BCUT2D eigenvalue weighted by Gasteiger charge is -2.24. The standard InChI is InChI=1S/C10H17ClN4O/c1-10(2,3-4-16)6-14-8-7(11)5-13-9(12)15-8/h5,16H,3-4,6H2,1-2H3,(H3,12,13,14,15). The Labute approximate surface area is 100 Å². The van der Waals surface area contributed by atoms with Crippen molar-refractivity contribution in [3.63, 3.8) is 0 Å². The van der Waals surface area contributed by atoms with Gasteiger partial charge >= 0.3 is 0 Å². The number of aromatic nitrogens is 2. The Morgan fingerprint density at radius 2 is 2.25 bits per heavy atom. The van der Waals surface area contributed by atoms with E-state index < -0.39 is 0 Å². The van der Waals surface area contributed by atoms with Crippen LogP contribution in [0.1, 0.15) is 20.3 Å². The highest BCUT2D eigenvalue weighted by molar-refractivity contribution is 6.32. The average Bonchev–Trinajstić information content (AvgIpc) is 2.19. The molecule has 0 fully saturated rings. The molecule has 5 nitrogen and oxygen atoms in total. The van der Waals surface area contributed by atoms with Crippen molar-refractivity contribution in [3.8, 4) is 0 Å². The molecule has 1 heterocycles. The predicted molar refractivity (Wildman–Crippen MR) is 65.4 cm³/mol. The van der Waals surface area contributed by atoms with Crippen LogP contribution in [0, 0.1) is 5.41 Å². The largest absolute Gasteiger partial charge is 0.396 e. The molecule has 0 aliphatic heterocycles. The molecule has 1 aromatic rings. The summed E-state index contributed by atoms with van der Waals surface area (Å²) in [6, 6.07) is 0. The second-order valence-electron chi connectivity index (χ2n) is 4.42. The number of nitrogens with zero attached hydrogens (tertiary/aromatic N) is 2. The Bertz CT molecular complexity index is 357. The lowest BCUT2D eigenvalue weighted by molar-refractivity contribution is 0.220. The van der Waals surface area contributed by atoms with E-state index in [-0.39, 0.29) is 18.0 Å². The maximum Gasteiger partial charge on any atom is 0.222 e. The average molecular weight is 245 g/mol. The Morgan fingerprint density at radius 3 is 2.88 bits per heavy atom. The van der Waals surface area contributed by atoms with Crippen LogP contribution in [0.3, 0.4) is 0 Å². The van der Waals surface area contributed by atoms with Gasteiger partial charge in [0.15, 0.2) is 0 Å². The molecular formula is C10H17ClN4O. The second-order valence-corrected chi connectivity index (χ2v) is 4.82. The Kier molecular flexibility index (Phi) is 4.32. The fourth-order valence-electron chi connectivity index (χ4n) is 1.22. The van der Waals surface area contributed by atoms with E-state index in [0.717, 1.165) is 0 Å². The maximum atomic E-state index is 8.90. The first-order valence-corrected chi connectivity index (χ1v) is 5.45. The lowest BCUT2D eigenvalue weighted by Crippen LogP contribution is -2.24. The molecule has 0 atom stereocenters. The van der Waals surface area contributed by atoms with Crippen LogP contribution >= 0.6 is 11.6 Å². The van der Waals surface area contributed by atoms with Gasteiger partial charge in [0, 0.05) is 13.2 Å². The van der Waals surface area contributed by atoms with Crippen LogP contribution in [0.25, 0.3) is 0 Å². The Morgan fingerprint density at radius 1 is 1.56 bits per heavy atom. The summed E-state index contributed by atoms with van der Waals surface area (Å²) >= 11 is 5.91. The third-order valence-corrected chi connectivity index (χ3v) is 2.56. The molecule has 0 saturated carbocycles. The number of nitrogen functional groups attached to an aromatic ring is 1. The van der Waals surface area contributed by atoms with Crippen molar-refractivity contribution >= 4 is 23.4 Å². The normalized spacial score (nSPS) is 11.5. The molecule has 6 heteroatoms. The number of hydrogen-bond donors (Lipinski definition) is 3. The smallest absolute Gasteiger partial charge is 0.222 e. The van der Waals surface area contributed by atoms with E-state index in [9.17, 15) is 0 Å². The summed E-state index contributed by atoms with van der Waals surface area (Å²) in [7, 11) is 0. The number of nitrogens with one attached hydrogen (secondary N) is 1. The quantitative estimate of drug-likeness (QED) is 0.732. The highest BCUT2D eigenvalue weighted by Crippen LogP contribution is 2.23. The summed E-state index contributed by atoms with van der Waals surface area (Å²) in [5.41, 5.74) is 5.43. The molecule has 0 unspecified atom stereocenters. The van der Waals surface area contributed by atoms with Gasteiger partial charge in [0.1, 0.15) is 10.8 Å². The second kappa shape index (κ2) is 5.32. The summed E-state index contributed by atoms with van der Waals surface area (Å²) in [6.07, 6.45) is 2.17. The number of anilines is 2. The Hall–Kier alpha value is -1.07. The van der Waals surface area contributed by atoms with Gasteiger partial charge in [0.05, 0.1) is 6.20 Å². The van der Waals surface area contributed by atoms with Crippen molar-refractivity contribution in [2.75, 3.05) is 24.2 Å². The van der Waals surface area contributed by atoms with Crippen molar-refractivity contribution in [1.29, 1.82) is 0 Å². The predicted octanol–water partition coefficient (Wildman–Crippen LogP) is 1.53. The zero-order valence-electron chi connectivity index (χ0n) is 9.50. The van der Waals surface area contributed by atoms with Gasteiger partial charge in [-0.25, -0.2) is 4.98 Å². The molecule has 0 saturated heterocycles. The van der Waals surface area contributed by atoms with Gasteiger partial charge in [0.25, 0.3) is 0 Å². The van der Waals surface area contributed by atoms with Crippen LogP contribution in [-0.4, -0.2) is 28.2 Å². The topological polar surface area (TPSA) is 84.1 Å². The third kappa shape index (κ3) is 3.83. The molecule has 0 spiro atoms. The van der Waals surface area contributed by atoms with Gasteiger partial charge < -0.3 is 16.2 Å². The fraction of sp³-hybridized carbons (Fsp3) is 0.600. The van der Waals surface area contributed by atoms with Crippen molar-refractivity contribution in [3.05, 3.63) is 11.2 Å². The molecule has 0 aliphatic carbocycles. The van der Waals surface area contributed by atoms with Crippen LogP contribution in [0.5, 0.6) is 0 Å². The van der Waals surface area contributed by atoms with Crippen LogP contribution in [0.4, 0.5) is 11.8 Å². The monoisotopic (exact) mass is 244 g/mol. The number of halogens is 1. The zero-order valence-corrected chi connectivity index (χ0v) is 10.3. The van der Waals surface area contributed by atoms with Gasteiger partial charge in [-0.05, 0) is 11.8 Å². The summed E-state index contributed by atoms with van der Waals surface area (Å²) in [5.74, 6) is 0.715. The summed E-state index contributed by atoms with van der Waals surface area (Å²) in [5, 5.41) is 12.4. The van der Waals surface area contributed by atoms with Crippen molar-refractivity contribution in [1.82, 2.24) is 9.97 Å². The molecule has 4 N–H and O–H groups in total. The first kappa shape index (κ1) is 13.0. The molecule has 16 heavy (non-hydrogen) atoms. The number of nitrogens with two attached hydrogens (primary N) is 1. The fourth-order valence-corrected chi connectivity index (χ4v) is 1.38. The van der Waals surface area contributed by atoms with E-state index in [1.807, 2.05) is 0 Å². The number of aliphatic hydroxyl groups is 1. The minimum absolute atomic E-state index is 0.0300. The highest BCUT2D eigenvalue weighted by atomic mass is 35.5. The molecule has 0 amide bonds. The summed E-state index contributed by atoms with van der Waals surface area (Å²) in [4.78, 5) is 7.77. The van der Waals surface area contributed by atoms with E-state index in [1.165, 1.54) is 6.20 Å². The Balaban J connectivity index is 2.63. The van der Waals surface area contributed by atoms with Gasteiger partial charge in [-0.1, -0.05) is 25.4 Å². The van der Waals surface area contributed by atoms with Crippen molar-refractivity contribution < 1.29 is 5.11 Å². The number of hydrogen-bond acceptors (Lipinski definition) is 5. The summed E-state index contributed by atoms with van der Waals surface area (Å²) in [6.45, 7) is 4.92. The minimum Gasteiger partial charge on any atom is -0.396 e. The van der Waals surface area contributed by atoms with Gasteiger partial charge in [-0.15, -0.1) is 0 Å². The van der Waals surface area contributed by atoms with Crippen molar-refractivity contribution in [2.45, 2.75) is 20.3 Å². The molecular weight excluding hydrogens is 228 g/mol. The lowest BCUT2D eigenvalue weighted by atomic mass is 9.90. The maximum absolute atomic E-state index is 8.90. The molecule has 1 rings (SSSR count). The van der Waals surface area contributed by atoms with Crippen LogP contribution in [-0.2, 0) is 0 Å². The molecule has 0 radical (unpaired) electrons. The number of aliphatic hydroxyl groups excluding tert-OH is 1. The highest BCUT2D eigenvalue weighted by Gasteiger charge is 2.17. The van der Waals surface area contributed by atoms with E-state index >= 15 is 0 Å². The van der Waals surface area contributed by atoms with Crippen LogP contribution < -0.4 is 11.1 Å². The first-order chi connectivity index (χ1) is 7.44. The van der Waals surface area contributed by atoms with Crippen molar-refractivity contribution in [2.24, 2.45) is 5.41 Å². The SMILES string of the molecule is CC(C)(CCO)CNc1nc(N)ncc1Cl. The number of rotatable bonds is 5. The van der Waals surface area contributed by atoms with E-state index in [4.69, 9.17) is 22.4 Å². The van der Waals surface area contributed by atoms with E-state index in [1.54, 1.807) is 0 Å². The van der Waals surface area contributed by atoms with Gasteiger partial charge in [0.2, 0.25) is 5.95 Å². The minimum atomic E-state index is -0.0300. The zero-order chi connectivity index (χ0) is 12.2. The molecule has 0 aromatic carbocycles.